The highest BCUT2D eigenvalue weighted by atomic mass is 16.5. The Labute approximate surface area is 103 Å². The summed E-state index contributed by atoms with van der Waals surface area (Å²) < 4.78 is 5.31. The van der Waals surface area contributed by atoms with Crippen molar-refractivity contribution >= 4 is 6.03 Å². The second-order valence-electron chi connectivity index (χ2n) is 4.63. The number of aliphatic hydroxyl groups excluding tert-OH is 1. The van der Waals surface area contributed by atoms with Crippen molar-refractivity contribution in [1.29, 1.82) is 0 Å². The van der Waals surface area contributed by atoms with E-state index in [0.717, 1.165) is 32.1 Å². The molecule has 0 bridgehead atoms. The van der Waals surface area contributed by atoms with Gasteiger partial charge in [-0.1, -0.05) is 6.92 Å². The van der Waals surface area contributed by atoms with Crippen molar-refractivity contribution in [1.82, 2.24) is 10.6 Å². The third-order valence-electron chi connectivity index (χ3n) is 3.34. The summed E-state index contributed by atoms with van der Waals surface area (Å²) in [4.78, 5) is 11.7. The predicted molar refractivity (Wildman–Crippen MR) is 65.9 cm³/mol. The molecule has 0 spiro atoms. The van der Waals surface area contributed by atoms with E-state index in [1.54, 1.807) is 7.11 Å². The molecule has 5 heteroatoms. The lowest BCUT2D eigenvalue weighted by Crippen LogP contribution is -2.49. The minimum absolute atomic E-state index is 0.0186. The first kappa shape index (κ1) is 14.3. The summed E-state index contributed by atoms with van der Waals surface area (Å²) >= 11 is 0. The summed E-state index contributed by atoms with van der Waals surface area (Å²) in [6.07, 6.45) is 5.03. The summed E-state index contributed by atoms with van der Waals surface area (Å²) in [6, 6.07) is -0.158. The number of hydrogen-bond donors (Lipinski definition) is 3. The molecule has 0 radical (unpaired) electrons. The van der Waals surface area contributed by atoms with E-state index < -0.39 is 0 Å². The molecule has 100 valence electrons. The molecule has 2 amide bonds. The molecule has 0 aromatic carbocycles. The number of carbonyl (C=O) groups is 1. The van der Waals surface area contributed by atoms with Gasteiger partial charge in [-0.2, -0.15) is 0 Å². The second kappa shape index (κ2) is 7.50. The van der Waals surface area contributed by atoms with Crippen LogP contribution in [0.15, 0.2) is 0 Å². The Morgan fingerprint density at radius 2 is 2.29 bits per heavy atom. The first-order chi connectivity index (χ1) is 8.19. The molecule has 5 nitrogen and oxygen atoms in total. The van der Waals surface area contributed by atoms with Crippen LogP contribution < -0.4 is 10.6 Å². The Kier molecular flexibility index (Phi) is 6.29. The van der Waals surface area contributed by atoms with E-state index in [2.05, 4.69) is 10.6 Å². The molecular formula is C12H24N2O3. The quantitative estimate of drug-likeness (QED) is 0.676. The van der Waals surface area contributed by atoms with E-state index in [9.17, 15) is 4.79 Å². The smallest absolute Gasteiger partial charge is 0.315 e. The van der Waals surface area contributed by atoms with Gasteiger partial charge in [-0.15, -0.1) is 0 Å². The highest BCUT2D eigenvalue weighted by Crippen LogP contribution is 2.20. The SMILES string of the molecule is CC[C@@H](CO)NC(=O)N[C@H]1CCC[C@H](OC)C1. The van der Waals surface area contributed by atoms with E-state index in [0.29, 0.717) is 0 Å². The fourth-order valence-corrected chi connectivity index (χ4v) is 2.18. The van der Waals surface area contributed by atoms with Crippen molar-refractivity contribution in [2.75, 3.05) is 13.7 Å². The zero-order valence-electron chi connectivity index (χ0n) is 10.7. The highest BCUT2D eigenvalue weighted by Gasteiger charge is 2.23. The monoisotopic (exact) mass is 244 g/mol. The fourth-order valence-electron chi connectivity index (χ4n) is 2.18. The van der Waals surface area contributed by atoms with Crippen molar-refractivity contribution in [2.24, 2.45) is 0 Å². The van der Waals surface area contributed by atoms with Crippen LogP contribution in [-0.2, 0) is 4.74 Å². The number of rotatable bonds is 5. The van der Waals surface area contributed by atoms with Crippen LogP contribution in [-0.4, -0.2) is 43.0 Å². The van der Waals surface area contributed by atoms with Gasteiger partial charge in [0.05, 0.1) is 18.8 Å². The number of ether oxygens (including phenoxy) is 1. The molecule has 1 aliphatic rings. The number of amides is 2. The fraction of sp³-hybridized carbons (Fsp3) is 0.917. The summed E-state index contributed by atoms with van der Waals surface area (Å²) in [7, 11) is 1.71. The molecule has 0 heterocycles. The topological polar surface area (TPSA) is 70.6 Å². The van der Waals surface area contributed by atoms with Crippen LogP contribution in [0.2, 0.25) is 0 Å². The average molecular weight is 244 g/mol. The summed E-state index contributed by atoms with van der Waals surface area (Å²) in [5.74, 6) is 0. The Morgan fingerprint density at radius 1 is 1.53 bits per heavy atom. The number of carbonyl (C=O) groups excluding carboxylic acids is 1. The van der Waals surface area contributed by atoms with Gasteiger partial charge in [0, 0.05) is 13.2 Å². The molecule has 17 heavy (non-hydrogen) atoms. The van der Waals surface area contributed by atoms with Crippen molar-refractivity contribution in [3.05, 3.63) is 0 Å². The summed E-state index contributed by atoms with van der Waals surface area (Å²) in [5.41, 5.74) is 0. The lowest BCUT2D eigenvalue weighted by Gasteiger charge is -2.29. The van der Waals surface area contributed by atoms with Crippen LogP contribution in [0.1, 0.15) is 39.0 Å². The van der Waals surface area contributed by atoms with Gasteiger partial charge in [0.15, 0.2) is 0 Å². The molecule has 3 N–H and O–H groups in total. The van der Waals surface area contributed by atoms with Gasteiger partial charge in [0.1, 0.15) is 0 Å². The molecule has 0 aromatic rings. The van der Waals surface area contributed by atoms with Crippen LogP contribution in [0.25, 0.3) is 0 Å². The first-order valence-electron chi connectivity index (χ1n) is 6.40. The zero-order chi connectivity index (χ0) is 12.7. The molecule has 3 atom stereocenters. The van der Waals surface area contributed by atoms with E-state index in [4.69, 9.17) is 9.84 Å². The molecular weight excluding hydrogens is 220 g/mol. The molecule has 1 saturated carbocycles. The van der Waals surface area contributed by atoms with Crippen molar-refractivity contribution < 1.29 is 14.6 Å². The van der Waals surface area contributed by atoms with Gasteiger partial charge in [-0.25, -0.2) is 4.79 Å². The maximum Gasteiger partial charge on any atom is 0.315 e. The van der Waals surface area contributed by atoms with E-state index in [1.165, 1.54) is 0 Å². The third-order valence-corrected chi connectivity index (χ3v) is 3.34. The molecule has 0 saturated heterocycles. The Balaban J connectivity index is 2.30. The highest BCUT2D eigenvalue weighted by molar-refractivity contribution is 5.74. The van der Waals surface area contributed by atoms with Crippen molar-refractivity contribution in [3.63, 3.8) is 0 Å². The lowest BCUT2D eigenvalue weighted by atomic mass is 9.93. The third kappa shape index (κ3) is 4.91. The average Bonchev–Trinajstić information content (AvgIpc) is 2.36. The number of aliphatic hydroxyl groups is 1. The van der Waals surface area contributed by atoms with Crippen LogP contribution >= 0.6 is 0 Å². The molecule has 0 unspecified atom stereocenters. The van der Waals surface area contributed by atoms with Crippen LogP contribution in [0.4, 0.5) is 4.79 Å². The zero-order valence-corrected chi connectivity index (χ0v) is 10.7. The van der Waals surface area contributed by atoms with Gasteiger partial charge in [-0.05, 0) is 32.1 Å². The van der Waals surface area contributed by atoms with Crippen molar-refractivity contribution in [3.8, 4) is 0 Å². The van der Waals surface area contributed by atoms with E-state index in [1.807, 2.05) is 6.92 Å². The Hall–Kier alpha value is -0.810. The van der Waals surface area contributed by atoms with Crippen LogP contribution in [0.3, 0.4) is 0 Å². The maximum atomic E-state index is 11.7. The minimum atomic E-state index is -0.187. The summed E-state index contributed by atoms with van der Waals surface area (Å²) in [5, 5.41) is 14.7. The number of nitrogens with one attached hydrogen (secondary N) is 2. The van der Waals surface area contributed by atoms with E-state index >= 15 is 0 Å². The Morgan fingerprint density at radius 3 is 2.88 bits per heavy atom. The summed E-state index contributed by atoms with van der Waals surface area (Å²) in [6.45, 7) is 1.91. The normalized spacial score (nSPS) is 26.3. The molecule has 1 rings (SSSR count). The van der Waals surface area contributed by atoms with Gasteiger partial charge in [0.2, 0.25) is 0 Å². The molecule has 1 aliphatic carbocycles. The number of urea groups is 1. The first-order valence-corrected chi connectivity index (χ1v) is 6.40. The lowest BCUT2D eigenvalue weighted by molar-refractivity contribution is 0.0602. The van der Waals surface area contributed by atoms with Crippen LogP contribution in [0, 0.1) is 0 Å². The van der Waals surface area contributed by atoms with Gasteiger partial charge in [-0.3, -0.25) is 0 Å². The Bertz CT molecular complexity index is 232. The second-order valence-corrected chi connectivity index (χ2v) is 4.63. The number of hydrogen-bond acceptors (Lipinski definition) is 3. The molecule has 1 fully saturated rings. The molecule has 0 aliphatic heterocycles. The van der Waals surface area contributed by atoms with Gasteiger partial charge in [0.25, 0.3) is 0 Å². The van der Waals surface area contributed by atoms with Gasteiger partial charge >= 0.3 is 6.03 Å². The predicted octanol–water partition coefficient (Wildman–Crippen LogP) is 1.01. The minimum Gasteiger partial charge on any atom is -0.394 e. The standard InChI is InChI=1S/C12H24N2O3/c1-3-9(8-15)13-12(16)14-10-5-4-6-11(7-10)17-2/h9-11,15H,3-8H2,1-2H3,(H2,13,14,16)/t9-,10-,11-/m0/s1. The molecule has 0 aromatic heterocycles. The van der Waals surface area contributed by atoms with Crippen LogP contribution in [0.5, 0.6) is 0 Å². The number of methoxy groups -OCH3 is 1. The maximum absolute atomic E-state index is 11.7. The van der Waals surface area contributed by atoms with Gasteiger partial charge < -0.3 is 20.5 Å². The van der Waals surface area contributed by atoms with E-state index in [-0.39, 0.29) is 30.8 Å². The van der Waals surface area contributed by atoms with Crippen molar-refractivity contribution in [2.45, 2.75) is 57.2 Å². The largest absolute Gasteiger partial charge is 0.394 e.